The Labute approximate surface area is 221 Å². The molecule has 35 heavy (non-hydrogen) atoms. The first-order chi connectivity index (χ1) is 17.2. The van der Waals surface area contributed by atoms with E-state index in [-0.39, 0.29) is 5.91 Å². The lowest BCUT2D eigenvalue weighted by molar-refractivity contribution is -0.118. The minimum Gasteiger partial charge on any atom is -0.370 e. The molecule has 0 spiro atoms. The van der Waals surface area contributed by atoms with E-state index in [2.05, 4.69) is 26.0 Å². The third-order valence-electron chi connectivity index (χ3n) is 6.74. The third-order valence-corrected chi connectivity index (χ3v) is 6.74. The van der Waals surface area contributed by atoms with Gasteiger partial charge in [0, 0.05) is 6.42 Å². The molecule has 0 atom stereocenters. The molecule has 0 saturated carbocycles. The molecular weight excluding hydrogens is 428 g/mol. The van der Waals surface area contributed by atoms with Gasteiger partial charge in [0.05, 0.1) is 0 Å². The quantitative estimate of drug-likeness (QED) is 0.0880. The normalized spacial score (nSPS) is 11.1. The predicted molar refractivity (Wildman–Crippen MR) is 159 cm³/mol. The first kappa shape index (κ1) is 36.3. The molecule has 3 nitrogen and oxygen atoms in total. The van der Waals surface area contributed by atoms with Gasteiger partial charge >= 0.3 is 0 Å². The fraction of sp³-hybridized carbons (Fsp3) is 0.906. The fourth-order valence-corrected chi connectivity index (χ4v) is 4.36. The van der Waals surface area contributed by atoms with Crippen molar-refractivity contribution in [1.82, 2.24) is 0 Å². The van der Waals surface area contributed by atoms with E-state index in [9.17, 15) is 4.79 Å². The Bertz CT molecular complexity index is 394. The van der Waals surface area contributed by atoms with Gasteiger partial charge in [-0.3, -0.25) is 4.79 Å². The minimum atomic E-state index is -0.166. The number of primary amides is 1. The lowest BCUT2D eigenvalue weighted by Crippen LogP contribution is -2.09. The molecule has 0 bridgehead atoms. The van der Waals surface area contributed by atoms with Crippen molar-refractivity contribution >= 4 is 5.91 Å². The summed E-state index contributed by atoms with van der Waals surface area (Å²) in [4.78, 5) is 10.5. The molecule has 0 aromatic heterocycles. The Morgan fingerprint density at radius 1 is 0.486 bits per heavy atom. The van der Waals surface area contributed by atoms with Gasteiger partial charge < -0.3 is 11.5 Å². The van der Waals surface area contributed by atoms with Crippen LogP contribution in [0.25, 0.3) is 0 Å². The maximum Gasteiger partial charge on any atom is 0.217 e. The van der Waals surface area contributed by atoms with Crippen molar-refractivity contribution < 1.29 is 4.79 Å². The molecule has 4 N–H and O–H groups in total. The average Bonchev–Trinajstić information content (AvgIpc) is 2.85. The van der Waals surface area contributed by atoms with Crippen LogP contribution in [0.15, 0.2) is 12.2 Å². The van der Waals surface area contributed by atoms with E-state index in [1.807, 2.05) is 0 Å². The minimum absolute atomic E-state index is 0.166. The lowest BCUT2D eigenvalue weighted by atomic mass is 10.0. The number of hydrogen-bond donors (Lipinski definition) is 2. The van der Waals surface area contributed by atoms with Crippen LogP contribution >= 0.6 is 0 Å². The van der Waals surface area contributed by atoms with Crippen molar-refractivity contribution in [2.24, 2.45) is 11.5 Å². The first-order valence-electron chi connectivity index (χ1n) is 15.8. The van der Waals surface area contributed by atoms with E-state index in [0.717, 1.165) is 19.4 Å². The number of carbonyl (C=O) groups is 1. The second-order valence-corrected chi connectivity index (χ2v) is 10.5. The maximum atomic E-state index is 10.5. The number of hydrogen-bond acceptors (Lipinski definition) is 2. The van der Waals surface area contributed by atoms with Gasteiger partial charge in [0.2, 0.25) is 5.91 Å². The van der Waals surface area contributed by atoms with Crippen molar-refractivity contribution in [3.05, 3.63) is 12.2 Å². The summed E-state index contributed by atoms with van der Waals surface area (Å²) in [5, 5.41) is 0. The van der Waals surface area contributed by atoms with E-state index in [1.165, 1.54) is 148 Å². The molecule has 0 aliphatic rings. The predicted octanol–water partition coefficient (Wildman–Crippen LogP) is 10.2. The zero-order chi connectivity index (χ0) is 26.1. The van der Waals surface area contributed by atoms with Crippen LogP contribution in [-0.2, 0) is 4.79 Å². The Morgan fingerprint density at radius 2 is 0.800 bits per heavy atom. The lowest BCUT2D eigenvalue weighted by Gasteiger charge is -2.02. The van der Waals surface area contributed by atoms with Crippen molar-refractivity contribution in [1.29, 1.82) is 0 Å². The molecule has 0 unspecified atom stereocenters. The van der Waals surface area contributed by atoms with Crippen molar-refractivity contribution in [2.45, 2.75) is 181 Å². The van der Waals surface area contributed by atoms with Crippen molar-refractivity contribution in [3.63, 3.8) is 0 Å². The van der Waals surface area contributed by atoms with Crippen LogP contribution in [0.4, 0.5) is 0 Å². The van der Waals surface area contributed by atoms with E-state index in [0.29, 0.717) is 6.42 Å². The Balaban J connectivity index is 0. The van der Waals surface area contributed by atoms with E-state index in [4.69, 9.17) is 11.5 Å². The number of nitrogens with two attached hydrogens (primary N) is 2. The third kappa shape index (κ3) is 40.6. The standard InChI is InChI=1S/C16H31NO.C16H35N/c1-2-3-4-5-6-7-8-9-10-11-12-13-14-15-16(17)18;1-2-3-4-5-6-7-8-9-10-11-12-13-14-15-16-17/h7-8H,2-6,9-15H2,1H3,(H2,17,18);2-17H2,1H3. The van der Waals surface area contributed by atoms with Gasteiger partial charge in [-0.15, -0.1) is 0 Å². The summed E-state index contributed by atoms with van der Waals surface area (Å²) in [7, 11) is 0. The molecule has 1 amide bonds. The Morgan fingerprint density at radius 3 is 1.17 bits per heavy atom. The van der Waals surface area contributed by atoms with Gasteiger partial charge in [-0.25, -0.2) is 0 Å². The number of unbranched alkanes of at least 4 members (excludes halogenated alkanes) is 22. The van der Waals surface area contributed by atoms with Crippen LogP contribution in [0.3, 0.4) is 0 Å². The molecule has 210 valence electrons. The SMILES string of the molecule is CCCCCCC=CCCCCCCCC(N)=O.CCCCCCCCCCCCCCCCN. The molecule has 0 rings (SSSR count). The van der Waals surface area contributed by atoms with Crippen LogP contribution in [0, 0.1) is 0 Å². The zero-order valence-electron chi connectivity index (χ0n) is 24.3. The van der Waals surface area contributed by atoms with Gasteiger partial charge in [0.1, 0.15) is 0 Å². The van der Waals surface area contributed by atoms with Crippen LogP contribution in [-0.4, -0.2) is 12.5 Å². The molecular formula is C32H66N2O. The maximum absolute atomic E-state index is 10.5. The Hall–Kier alpha value is -0.830. The van der Waals surface area contributed by atoms with E-state index >= 15 is 0 Å². The molecule has 0 aliphatic heterocycles. The number of carbonyl (C=O) groups excluding carboxylic acids is 1. The highest BCUT2D eigenvalue weighted by molar-refractivity contribution is 5.73. The van der Waals surface area contributed by atoms with Crippen LogP contribution in [0.1, 0.15) is 181 Å². The zero-order valence-corrected chi connectivity index (χ0v) is 24.3. The van der Waals surface area contributed by atoms with Crippen molar-refractivity contribution in [2.75, 3.05) is 6.54 Å². The molecule has 0 aliphatic carbocycles. The summed E-state index contributed by atoms with van der Waals surface area (Å²) in [5.74, 6) is -0.166. The van der Waals surface area contributed by atoms with E-state index < -0.39 is 0 Å². The van der Waals surface area contributed by atoms with Crippen LogP contribution < -0.4 is 11.5 Å². The highest BCUT2D eigenvalue weighted by atomic mass is 16.1. The summed E-state index contributed by atoms with van der Waals surface area (Å²) in [6.45, 7) is 5.41. The summed E-state index contributed by atoms with van der Waals surface area (Å²) in [6.07, 6.45) is 38.9. The van der Waals surface area contributed by atoms with Crippen LogP contribution in [0.5, 0.6) is 0 Å². The smallest absolute Gasteiger partial charge is 0.217 e. The van der Waals surface area contributed by atoms with E-state index in [1.54, 1.807) is 0 Å². The molecule has 0 fully saturated rings. The largest absolute Gasteiger partial charge is 0.370 e. The number of amides is 1. The Kier molecular flexibility index (Phi) is 36.7. The molecule has 0 aromatic rings. The summed E-state index contributed by atoms with van der Waals surface area (Å²) >= 11 is 0. The number of allylic oxidation sites excluding steroid dienone is 2. The van der Waals surface area contributed by atoms with Crippen molar-refractivity contribution in [3.8, 4) is 0 Å². The van der Waals surface area contributed by atoms with Crippen LogP contribution in [0.2, 0.25) is 0 Å². The fourth-order valence-electron chi connectivity index (χ4n) is 4.36. The molecule has 3 heteroatoms. The average molecular weight is 495 g/mol. The van der Waals surface area contributed by atoms with Gasteiger partial charge in [-0.2, -0.15) is 0 Å². The highest BCUT2D eigenvalue weighted by Crippen LogP contribution is 2.13. The second-order valence-electron chi connectivity index (χ2n) is 10.5. The van der Waals surface area contributed by atoms with Gasteiger partial charge in [0.25, 0.3) is 0 Å². The summed E-state index contributed by atoms with van der Waals surface area (Å²) in [5.41, 5.74) is 10.6. The monoisotopic (exact) mass is 495 g/mol. The van der Waals surface area contributed by atoms with Gasteiger partial charge in [-0.1, -0.05) is 148 Å². The molecule has 0 heterocycles. The van der Waals surface area contributed by atoms with Gasteiger partial charge in [0.15, 0.2) is 0 Å². The molecule has 0 radical (unpaired) electrons. The van der Waals surface area contributed by atoms with Gasteiger partial charge in [-0.05, 0) is 45.1 Å². The highest BCUT2D eigenvalue weighted by Gasteiger charge is 1.95. The summed E-state index contributed by atoms with van der Waals surface area (Å²) in [6, 6.07) is 0. The first-order valence-corrected chi connectivity index (χ1v) is 15.8. The topological polar surface area (TPSA) is 69.1 Å². The summed E-state index contributed by atoms with van der Waals surface area (Å²) < 4.78 is 0. The molecule has 0 saturated heterocycles. The second kappa shape index (κ2) is 35.3. The number of rotatable bonds is 27. The molecule has 0 aromatic carbocycles.